The van der Waals surface area contributed by atoms with Crippen molar-refractivity contribution in [2.24, 2.45) is 5.92 Å². The van der Waals surface area contributed by atoms with Gasteiger partial charge in [0.05, 0.1) is 11.2 Å². The van der Waals surface area contributed by atoms with E-state index in [9.17, 15) is 0 Å². The molecule has 0 amide bonds. The van der Waals surface area contributed by atoms with Crippen LogP contribution in [0.4, 0.5) is 0 Å². The molecule has 0 radical (unpaired) electrons. The van der Waals surface area contributed by atoms with Gasteiger partial charge in [0.25, 0.3) is 0 Å². The third-order valence-corrected chi connectivity index (χ3v) is 4.08. The molecule has 2 heterocycles. The van der Waals surface area contributed by atoms with E-state index >= 15 is 0 Å². The summed E-state index contributed by atoms with van der Waals surface area (Å²) in [5.41, 5.74) is 1.48. The third-order valence-electron chi connectivity index (χ3n) is 4.08. The van der Waals surface area contributed by atoms with Gasteiger partial charge in [0.15, 0.2) is 0 Å². The van der Waals surface area contributed by atoms with Gasteiger partial charge in [0, 0.05) is 5.92 Å². The zero-order valence-electron chi connectivity index (χ0n) is 11.0. The molecule has 3 aliphatic rings. The lowest BCUT2D eigenvalue weighted by Crippen LogP contribution is -2.52. The number of hydrogen-bond acceptors (Lipinski definition) is 1. The standard InChI is InChI=1S/C15H24O/c1-12(2)6-5-9-15(4)13-7-10-14(3,16-15)11-8-13/h6-7,10,13H,5,8-9,11H2,1-4H3. The van der Waals surface area contributed by atoms with Crippen molar-refractivity contribution in [2.45, 2.75) is 64.6 Å². The van der Waals surface area contributed by atoms with Crippen molar-refractivity contribution < 1.29 is 4.74 Å². The fourth-order valence-corrected chi connectivity index (χ4v) is 3.03. The fraction of sp³-hybridized carbons (Fsp3) is 0.733. The van der Waals surface area contributed by atoms with Gasteiger partial charge in [-0.3, -0.25) is 0 Å². The smallest absolute Gasteiger partial charge is 0.0842 e. The molecule has 16 heavy (non-hydrogen) atoms. The minimum absolute atomic E-state index is 0.00841. The van der Waals surface area contributed by atoms with Gasteiger partial charge >= 0.3 is 0 Å². The van der Waals surface area contributed by atoms with Crippen LogP contribution < -0.4 is 0 Å². The van der Waals surface area contributed by atoms with E-state index in [0.29, 0.717) is 5.92 Å². The van der Waals surface area contributed by atoms with Gasteiger partial charge in [-0.2, -0.15) is 0 Å². The van der Waals surface area contributed by atoms with Crippen LogP contribution in [0.5, 0.6) is 0 Å². The van der Waals surface area contributed by atoms with E-state index in [1.54, 1.807) is 0 Å². The summed E-state index contributed by atoms with van der Waals surface area (Å²) in [4.78, 5) is 0. The van der Waals surface area contributed by atoms with Gasteiger partial charge in [0.1, 0.15) is 0 Å². The molecule has 1 heteroatoms. The Labute approximate surface area is 99.6 Å². The van der Waals surface area contributed by atoms with Gasteiger partial charge in [-0.05, 0) is 53.4 Å². The first kappa shape index (κ1) is 11.9. The lowest BCUT2D eigenvalue weighted by atomic mass is 9.71. The van der Waals surface area contributed by atoms with Crippen molar-refractivity contribution >= 4 is 0 Å². The quantitative estimate of drug-likeness (QED) is 0.646. The SMILES string of the molecule is CC(C)=CCCC1(C)OC2(C)C=CC1CC2. The molecule has 0 aromatic carbocycles. The van der Waals surface area contributed by atoms with Crippen molar-refractivity contribution in [3.63, 3.8) is 0 Å². The first-order chi connectivity index (χ1) is 7.44. The summed E-state index contributed by atoms with van der Waals surface area (Å²) in [6, 6.07) is 0. The number of allylic oxidation sites excluding steroid dienone is 2. The number of ether oxygens (including phenoxy) is 1. The highest BCUT2D eigenvalue weighted by atomic mass is 16.5. The van der Waals surface area contributed by atoms with Gasteiger partial charge in [0.2, 0.25) is 0 Å². The van der Waals surface area contributed by atoms with Gasteiger partial charge in [-0.25, -0.2) is 0 Å². The Kier molecular flexibility index (Phi) is 3.00. The molecule has 1 saturated heterocycles. The Hall–Kier alpha value is -0.560. The van der Waals surface area contributed by atoms with E-state index in [1.807, 2.05) is 0 Å². The summed E-state index contributed by atoms with van der Waals surface area (Å²) < 4.78 is 6.33. The molecule has 3 atom stereocenters. The van der Waals surface area contributed by atoms with E-state index in [-0.39, 0.29) is 11.2 Å². The second-order valence-corrected chi connectivity index (χ2v) is 6.05. The Morgan fingerprint density at radius 3 is 2.69 bits per heavy atom. The predicted octanol–water partition coefficient (Wildman–Crippen LogP) is 4.25. The van der Waals surface area contributed by atoms with Crippen LogP contribution in [0.15, 0.2) is 23.8 Å². The Bertz CT molecular complexity index is 324. The molecule has 90 valence electrons. The highest BCUT2D eigenvalue weighted by Crippen LogP contribution is 2.47. The summed E-state index contributed by atoms with van der Waals surface area (Å²) in [5, 5.41) is 0. The van der Waals surface area contributed by atoms with Crippen LogP contribution >= 0.6 is 0 Å². The van der Waals surface area contributed by atoms with Crippen molar-refractivity contribution in [3.8, 4) is 0 Å². The lowest BCUT2D eigenvalue weighted by molar-refractivity contribution is -0.184. The number of fused-ring (bicyclic) bond motifs is 2. The van der Waals surface area contributed by atoms with Crippen LogP contribution in [0, 0.1) is 5.92 Å². The maximum absolute atomic E-state index is 6.33. The van der Waals surface area contributed by atoms with E-state index < -0.39 is 0 Å². The molecular weight excluding hydrogens is 196 g/mol. The van der Waals surface area contributed by atoms with Crippen molar-refractivity contribution in [1.29, 1.82) is 0 Å². The normalized spacial score (nSPS) is 41.1. The molecular formula is C15H24O. The van der Waals surface area contributed by atoms with Crippen LogP contribution in [0.1, 0.15) is 53.4 Å². The Morgan fingerprint density at radius 2 is 2.19 bits per heavy atom. The van der Waals surface area contributed by atoms with E-state index in [0.717, 1.165) is 12.8 Å². The minimum atomic E-state index is 0.00841. The molecule has 0 aromatic rings. The van der Waals surface area contributed by atoms with Crippen LogP contribution in [0.2, 0.25) is 0 Å². The largest absolute Gasteiger partial charge is 0.364 e. The molecule has 1 fully saturated rings. The molecule has 1 nitrogen and oxygen atoms in total. The molecule has 2 aliphatic heterocycles. The molecule has 0 N–H and O–H groups in total. The maximum Gasteiger partial charge on any atom is 0.0842 e. The highest BCUT2D eigenvalue weighted by molar-refractivity contribution is 5.17. The Morgan fingerprint density at radius 1 is 1.44 bits per heavy atom. The second kappa shape index (κ2) is 4.03. The summed E-state index contributed by atoms with van der Waals surface area (Å²) in [6.45, 7) is 8.84. The van der Waals surface area contributed by atoms with Crippen LogP contribution in [0.3, 0.4) is 0 Å². The van der Waals surface area contributed by atoms with Gasteiger partial charge in [-0.15, -0.1) is 0 Å². The monoisotopic (exact) mass is 220 g/mol. The second-order valence-electron chi connectivity index (χ2n) is 6.05. The topological polar surface area (TPSA) is 9.23 Å². The predicted molar refractivity (Wildman–Crippen MR) is 68.4 cm³/mol. The van der Waals surface area contributed by atoms with Crippen molar-refractivity contribution in [1.82, 2.24) is 0 Å². The molecule has 1 aliphatic carbocycles. The summed E-state index contributed by atoms with van der Waals surface area (Å²) in [5.74, 6) is 0.625. The first-order valence-electron chi connectivity index (χ1n) is 6.46. The van der Waals surface area contributed by atoms with E-state index in [2.05, 4.69) is 45.9 Å². The minimum Gasteiger partial charge on any atom is -0.364 e. The zero-order valence-corrected chi connectivity index (χ0v) is 11.0. The van der Waals surface area contributed by atoms with Crippen molar-refractivity contribution in [2.75, 3.05) is 0 Å². The lowest BCUT2D eigenvalue weighted by Gasteiger charge is -2.51. The average molecular weight is 220 g/mol. The van der Waals surface area contributed by atoms with E-state index in [4.69, 9.17) is 4.74 Å². The number of rotatable bonds is 3. The van der Waals surface area contributed by atoms with E-state index in [1.165, 1.54) is 18.4 Å². The van der Waals surface area contributed by atoms with Gasteiger partial charge in [-0.1, -0.05) is 23.8 Å². The zero-order chi connectivity index (χ0) is 11.8. The number of hydrogen-bond donors (Lipinski definition) is 0. The first-order valence-corrected chi connectivity index (χ1v) is 6.46. The summed E-state index contributed by atoms with van der Waals surface area (Å²) in [6.07, 6.45) is 11.7. The van der Waals surface area contributed by atoms with Crippen molar-refractivity contribution in [3.05, 3.63) is 23.8 Å². The molecule has 0 spiro atoms. The molecule has 3 unspecified atom stereocenters. The average Bonchev–Trinajstić information content (AvgIpc) is 2.16. The molecule has 0 saturated carbocycles. The van der Waals surface area contributed by atoms with Gasteiger partial charge < -0.3 is 4.74 Å². The Balaban J connectivity index is 2.04. The third kappa shape index (κ3) is 2.24. The van der Waals surface area contributed by atoms with Crippen LogP contribution in [0.25, 0.3) is 0 Å². The molecule has 3 rings (SSSR count). The maximum atomic E-state index is 6.33. The molecule has 2 bridgehead atoms. The fourth-order valence-electron chi connectivity index (χ4n) is 3.03. The van der Waals surface area contributed by atoms with Crippen LogP contribution in [-0.2, 0) is 4.74 Å². The highest BCUT2D eigenvalue weighted by Gasteiger charge is 2.47. The summed E-state index contributed by atoms with van der Waals surface area (Å²) in [7, 11) is 0. The summed E-state index contributed by atoms with van der Waals surface area (Å²) >= 11 is 0. The van der Waals surface area contributed by atoms with Crippen LogP contribution in [-0.4, -0.2) is 11.2 Å². The molecule has 0 aromatic heterocycles.